The zero-order valence-corrected chi connectivity index (χ0v) is 14.3. The van der Waals surface area contributed by atoms with Crippen molar-refractivity contribution in [3.63, 3.8) is 0 Å². The van der Waals surface area contributed by atoms with Crippen molar-refractivity contribution in [1.29, 1.82) is 0 Å². The number of H-pyrrole nitrogens is 1. The van der Waals surface area contributed by atoms with E-state index in [0.717, 1.165) is 37.6 Å². The Bertz CT molecular complexity index is 802. The molecule has 2 aliphatic heterocycles. The molecule has 0 fully saturated rings. The molecule has 1 aromatic heterocycles. The van der Waals surface area contributed by atoms with Crippen LogP contribution in [0.2, 0.25) is 0 Å². The molecular weight excluding hydrogens is 296 g/mol. The summed E-state index contributed by atoms with van der Waals surface area (Å²) in [7, 11) is 0. The van der Waals surface area contributed by atoms with Gasteiger partial charge in [-0.25, -0.2) is 0 Å². The summed E-state index contributed by atoms with van der Waals surface area (Å²) in [6, 6.07) is 0. The molecular formula is C20H24N4. The number of anilines is 1. The highest BCUT2D eigenvalue weighted by Crippen LogP contribution is 2.33. The highest BCUT2D eigenvalue weighted by atomic mass is 15.1. The van der Waals surface area contributed by atoms with Gasteiger partial charge in [0.1, 0.15) is 11.7 Å². The van der Waals surface area contributed by atoms with Crippen LogP contribution in [0.5, 0.6) is 0 Å². The number of hydrogen-bond acceptors (Lipinski definition) is 3. The summed E-state index contributed by atoms with van der Waals surface area (Å²) in [5.74, 6) is 2.49. The van der Waals surface area contributed by atoms with Crippen LogP contribution >= 0.6 is 0 Å². The molecule has 0 saturated carbocycles. The minimum atomic E-state index is 0.455. The van der Waals surface area contributed by atoms with E-state index in [9.17, 15) is 0 Å². The first-order valence-electron chi connectivity index (χ1n) is 8.69. The van der Waals surface area contributed by atoms with Gasteiger partial charge in [0.15, 0.2) is 0 Å². The zero-order chi connectivity index (χ0) is 16.5. The van der Waals surface area contributed by atoms with E-state index in [0.29, 0.717) is 5.92 Å². The van der Waals surface area contributed by atoms with E-state index >= 15 is 0 Å². The minimum Gasteiger partial charge on any atom is -0.387 e. The highest BCUT2D eigenvalue weighted by molar-refractivity contribution is 6.04. The van der Waals surface area contributed by atoms with Gasteiger partial charge in [0.25, 0.3) is 0 Å². The fraction of sp³-hybridized carbons (Fsp3) is 0.350. The maximum absolute atomic E-state index is 4.58. The Morgan fingerprint density at radius 1 is 1.25 bits per heavy atom. The summed E-state index contributed by atoms with van der Waals surface area (Å²) in [5.41, 5.74) is 6.68. The molecule has 4 heteroatoms. The molecule has 0 aromatic carbocycles. The van der Waals surface area contributed by atoms with Gasteiger partial charge in [-0.3, -0.25) is 4.99 Å². The Morgan fingerprint density at radius 3 is 2.96 bits per heavy atom. The van der Waals surface area contributed by atoms with Crippen molar-refractivity contribution in [2.24, 2.45) is 10.9 Å². The third-order valence-corrected chi connectivity index (χ3v) is 5.00. The largest absolute Gasteiger partial charge is 0.387 e. The van der Waals surface area contributed by atoms with Crippen molar-refractivity contribution in [3.8, 4) is 0 Å². The molecule has 0 saturated heterocycles. The molecule has 24 heavy (non-hydrogen) atoms. The summed E-state index contributed by atoms with van der Waals surface area (Å²) in [5, 5.41) is 6.69. The van der Waals surface area contributed by atoms with Crippen LogP contribution in [0.25, 0.3) is 6.08 Å². The van der Waals surface area contributed by atoms with Gasteiger partial charge < -0.3 is 15.6 Å². The van der Waals surface area contributed by atoms with E-state index in [2.05, 4.69) is 64.8 Å². The van der Waals surface area contributed by atoms with Crippen molar-refractivity contribution in [1.82, 2.24) is 10.3 Å². The average Bonchev–Trinajstić information content (AvgIpc) is 2.91. The maximum atomic E-state index is 4.58. The summed E-state index contributed by atoms with van der Waals surface area (Å²) in [4.78, 5) is 8.17. The molecule has 3 heterocycles. The lowest BCUT2D eigenvalue weighted by Crippen LogP contribution is -2.15. The van der Waals surface area contributed by atoms with E-state index < -0.39 is 0 Å². The van der Waals surface area contributed by atoms with Gasteiger partial charge >= 0.3 is 0 Å². The number of nitrogens with one attached hydrogen (secondary N) is 3. The molecule has 4 nitrogen and oxygen atoms in total. The van der Waals surface area contributed by atoms with Gasteiger partial charge in [-0.2, -0.15) is 0 Å². The van der Waals surface area contributed by atoms with Crippen molar-refractivity contribution in [2.75, 3.05) is 18.4 Å². The number of allylic oxidation sites excluding steroid dienone is 3. The molecule has 1 aliphatic carbocycles. The van der Waals surface area contributed by atoms with Crippen molar-refractivity contribution in [3.05, 3.63) is 58.5 Å². The molecule has 1 unspecified atom stereocenters. The summed E-state index contributed by atoms with van der Waals surface area (Å²) >= 11 is 0. The number of aromatic amines is 1. The van der Waals surface area contributed by atoms with Gasteiger partial charge in [-0.15, -0.1) is 0 Å². The second kappa shape index (κ2) is 6.19. The Hall–Kier alpha value is -2.49. The van der Waals surface area contributed by atoms with E-state index in [-0.39, 0.29) is 0 Å². The number of dihydropyridines is 2. The van der Waals surface area contributed by atoms with Crippen LogP contribution in [-0.2, 0) is 6.42 Å². The van der Waals surface area contributed by atoms with Crippen LogP contribution in [0.1, 0.15) is 30.2 Å². The monoisotopic (exact) mass is 320 g/mol. The fourth-order valence-electron chi connectivity index (χ4n) is 3.56. The van der Waals surface area contributed by atoms with Gasteiger partial charge in [-0.05, 0) is 61.7 Å². The first-order valence-corrected chi connectivity index (χ1v) is 8.69. The second-order valence-electron chi connectivity index (χ2n) is 6.77. The van der Waals surface area contributed by atoms with Gasteiger partial charge in [-0.1, -0.05) is 23.8 Å². The molecule has 1 atom stereocenters. The highest BCUT2D eigenvalue weighted by Gasteiger charge is 2.22. The van der Waals surface area contributed by atoms with Gasteiger partial charge in [0.2, 0.25) is 0 Å². The number of aliphatic imine (C=N–C) groups is 1. The average molecular weight is 320 g/mol. The van der Waals surface area contributed by atoms with Crippen LogP contribution in [0.4, 0.5) is 5.82 Å². The van der Waals surface area contributed by atoms with Crippen LogP contribution in [0, 0.1) is 12.8 Å². The van der Waals surface area contributed by atoms with Crippen molar-refractivity contribution < 1.29 is 0 Å². The molecule has 4 rings (SSSR count). The van der Waals surface area contributed by atoms with Crippen molar-refractivity contribution >= 4 is 17.7 Å². The third kappa shape index (κ3) is 2.84. The molecule has 0 radical (unpaired) electrons. The van der Waals surface area contributed by atoms with Crippen LogP contribution in [0.3, 0.4) is 0 Å². The predicted molar refractivity (Wildman–Crippen MR) is 101 cm³/mol. The van der Waals surface area contributed by atoms with Crippen LogP contribution in [0.15, 0.2) is 46.6 Å². The Balaban J connectivity index is 1.56. The summed E-state index contributed by atoms with van der Waals surface area (Å²) in [6.07, 6.45) is 15.3. The standard InChI is InChI=1S/C20H24N4/c1-13-5-10-22-19(11-13)24-20-14(2)17-4-3-16(12-18(17)23-20)15-6-8-21-9-7-15/h3-4,6-8,11,16,21,23H,5,9-10,12H2,1-2H3,(H,22,24). The zero-order valence-electron chi connectivity index (χ0n) is 14.3. The Morgan fingerprint density at radius 2 is 2.17 bits per heavy atom. The molecule has 124 valence electrons. The molecule has 0 bridgehead atoms. The van der Waals surface area contributed by atoms with E-state index in [1.54, 1.807) is 0 Å². The number of nitrogens with zero attached hydrogens (tertiary/aromatic N) is 1. The van der Waals surface area contributed by atoms with Crippen molar-refractivity contribution in [2.45, 2.75) is 26.7 Å². The number of fused-ring (bicyclic) bond motifs is 1. The van der Waals surface area contributed by atoms with E-state index in [4.69, 9.17) is 0 Å². The lowest BCUT2D eigenvalue weighted by atomic mass is 9.87. The number of rotatable bonds is 2. The molecule has 0 spiro atoms. The van der Waals surface area contributed by atoms with E-state index in [1.807, 2.05) is 6.20 Å². The normalized spacial score (nSPS) is 22.2. The fourth-order valence-corrected chi connectivity index (χ4v) is 3.56. The first kappa shape index (κ1) is 15.1. The molecule has 3 aliphatic rings. The smallest absolute Gasteiger partial charge is 0.126 e. The predicted octanol–water partition coefficient (Wildman–Crippen LogP) is 3.71. The lowest BCUT2D eigenvalue weighted by molar-refractivity contribution is 0.735. The van der Waals surface area contributed by atoms with Crippen LogP contribution < -0.4 is 10.6 Å². The number of aromatic nitrogens is 1. The van der Waals surface area contributed by atoms with Gasteiger partial charge in [0.05, 0.1) is 0 Å². The number of amidine groups is 1. The number of hydrogen-bond donors (Lipinski definition) is 3. The van der Waals surface area contributed by atoms with Gasteiger partial charge in [0, 0.05) is 24.7 Å². The SMILES string of the molecule is CC1=CC(Nc2[nH]c3c(c2C)C=CC(C2=CCNC=C2)C3)=NCC1. The summed E-state index contributed by atoms with van der Waals surface area (Å²) < 4.78 is 0. The maximum Gasteiger partial charge on any atom is 0.126 e. The van der Waals surface area contributed by atoms with E-state index in [1.165, 1.54) is 28.0 Å². The Kier molecular flexibility index (Phi) is 3.89. The Labute approximate surface area is 143 Å². The summed E-state index contributed by atoms with van der Waals surface area (Å²) in [6.45, 7) is 6.13. The minimum absolute atomic E-state index is 0.455. The molecule has 3 N–H and O–H groups in total. The molecule has 0 amide bonds. The third-order valence-electron chi connectivity index (χ3n) is 5.00. The topological polar surface area (TPSA) is 52.2 Å². The quantitative estimate of drug-likeness (QED) is 0.778. The lowest BCUT2D eigenvalue weighted by Gasteiger charge is -2.20. The molecule has 1 aromatic rings. The second-order valence-corrected chi connectivity index (χ2v) is 6.77. The first-order chi connectivity index (χ1) is 11.7. The van der Waals surface area contributed by atoms with Crippen LogP contribution in [-0.4, -0.2) is 23.9 Å².